The van der Waals surface area contributed by atoms with E-state index < -0.39 is 0 Å². The van der Waals surface area contributed by atoms with Gasteiger partial charge >= 0.3 is 0 Å². The highest BCUT2D eigenvalue weighted by Gasteiger charge is 2.31. The molecule has 0 radical (unpaired) electrons. The fraction of sp³-hybridized carbons (Fsp3) is 0.308. The molecule has 0 saturated carbocycles. The molecule has 0 saturated heterocycles. The zero-order valence-electron chi connectivity index (χ0n) is 8.93. The zero-order valence-corrected chi connectivity index (χ0v) is 8.93. The zero-order chi connectivity index (χ0) is 10.3. The summed E-state index contributed by atoms with van der Waals surface area (Å²) < 4.78 is 2.36. The SMILES string of the molecule is CC1CN2CC=CC=C2c2cccc[n+]21. The maximum absolute atomic E-state index is 2.44. The van der Waals surface area contributed by atoms with Gasteiger partial charge in [0.05, 0.1) is 6.54 Å². The van der Waals surface area contributed by atoms with Crippen molar-refractivity contribution in [3.63, 3.8) is 0 Å². The van der Waals surface area contributed by atoms with Crippen molar-refractivity contribution in [2.24, 2.45) is 0 Å². The van der Waals surface area contributed by atoms with Gasteiger partial charge in [0.1, 0.15) is 5.70 Å². The number of hydrogen-bond acceptors (Lipinski definition) is 1. The second-order valence-electron chi connectivity index (χ2n) is 4.23. The highest BCUT2D eigenvalue weighted by atomic mass is 15.2. The lowest BCUT2D eigenvalue weighted by atomic mass is 10.1. The van der Waals surface area contributed by atoms with Crippen LogP contribution in [0, 0.1) is 0 Å². The van der Waals surface area contributed by atoms with E-state index in [1.165, 1.54) is 11.4 Å². The Hall–Kier alpha value is -1.57. The maximum Gasteiger partial charge on any atom is 0.229 e. The van der Waals surface area contributed by atoms with E-state index in [2.05, 4.69) is 59.0 Å². The molecule has 3 rings (SSSR count). The van der Waals surface area contributed by atoms with E-state index in [-0.39, 0.29) is 0 Å². The van der Waals surface area contributed by atoms with Crippen molar-refractivity contribution in [3.8, 4) is 0 Å². The summed E-state index contributed by atoms with van der Waals surface area (Å²) in [5.74, 6) is 0. The quantitative estimate of drug-likeness (QED) is 0.577. The molecule has 0 N–H and O–H groups in total. The summed E-state index contributed by atoms with van der Waals surface area (Å²) >= 11 is 0. The predicted molar refractivity (Wildman–Crippen MR) is 60.0 cm³/mol. The van der Waals surface area contributed by atoms with Gasteiger partial charge in [-0.2, -0.15) is 4.57 Å². The molecule has 2 aliphatic heterocycles. The molecule has 1 aromatic heterocycles. The van der Waals surface area contributed by atoms with E-state index in [9.17, 15) is 0 Å². The third-order valence-corrected chi connectivity index (χ3v) is 3.17. The van der Waals surface area contributed by atoms with Gasteiger partial charge in [0, 0.05) is 18.7 Å². The van der Waals surface area contributed by atoms with Gasteiger partial charge in [-0.05, 0) is 19.1 Å². The summed E-state index contributed by atoms with van der Waals surface area (Å²) in [7, 11) is 0. The molecule has 1 aromatic rings. The minimum Gasteiger partial charge on any atom is -0.356 e. The largest absolute Gasteiger partial charge is 0.356 e. The Labute approximate surface area is 90.1 Å². The van der Waals surface area contributed by atoms with Crippen LogP contribution in [0.2, 0.25) is 0 Å². The Morgan fingerprint density at radius 2 is 2.33 bits per heavy atom. The molecule has 1 unspecified atom stereocenters. The normalized spacial score (nSPS) is 23.1. The maximum atomic E-state index is 2.44. The van der Waals surface area contributed by atoms with Crippen LogP contribution in [0.4, 0.5) is 0 Å². The van der Waals surface area contributed by atoms with E-state index in [0.717, 1.165) is 13.1 Å². The van der Waals surface area contributed by atoms with Crippen molar-refractivity contribution >= 4 is 5.70 Å². The van der Waals surface area contributed by atoms with Crippen LogP contribution >= 0.6 is 0 Å². The lowest BCUT2D eigenvalue weighted by molar-refractivity contribution is -0.725. The molecule has 0 spiro atoms. The summed E-state index contributed by atoms with van der Waals surface area (Å²) in [6.45, 7) is 4.43. The second kappa shape index (κ2) is 3.23. The van der Waals surface area contributed by atoms with Gasteiger partial charge in [-0.3, -0.25) is 0 Å². The van der Waals surface area contributed by atoms with E-state index in [4.69, 9.17) is 0 Å². The number of aromatic nitrogens is 1. The van der Waals surface area contributed by atoms with Crippen LogP contribution in [0.25, 0.3) is 5.70 Å². The molecular weight excluding hydrogens is 184 g/mol. The minimum absolute atomic E-state index is 0.560. The van der Waals surface area contributed by atoms with Gasteiger partial charge in [0.2, 0.25) is 5.69 Å². The number of fused-ring (bicyclic) bond motifs is 3. The third kappa shape index (κ3) is 1.29. The van der Waals surface area contributed by atoms with Gasteiger partial charge in [0.15, 0.2) is 12.2 Å². The van der Waals surface area contributed by atoms with Gasteiger partial charge in [-0.15, -0.1) is 0 Å². The first-order chi connectivity index (χ1) is 7.36. The predicted octanol–water partition coefficient (Wildman–Crippen LogP) is 1.76. The van der Waals surface area contributed by atoms with Crippen LogP contribution in [0.5, 0.6) is 0 Å². The summed E-state index contributed by atoms with van der Waals surface area (Å²) in [6.07, 6.45) is 8.76. The molecule has 2 nitrogen and oxygen atoms in total. The molecule has 2 aliphatic rings. The van der Waals surface area contributed by atoms with Crippen LogP contribution in [-0.2, 0) is 0 Å². The van der Waals surface area contributed by atoms with Crippen LogP contribution < -0.4 is 4.57 Å². The molecule has 0 aromatic carbocycles. The molecule has 0 bridgehead atoms. The Balaban J connectivity index is 2.17. The second-order valence-corrected chi connectivity index (χ2v) is 4.23. The fourth-order valence-electron chi connectivity index (χ4n) is 2.44. The summed E-state index contributed by atoms with van der Waals surface area (Å²) in [6, 6.07) is 6.98. The number of allylic oxidation sites excluding steroid dienone is 2. The Morgan fingerprint density at radius 3 is 3.27 bits per heavy atom. The van der Waals surface area contributed by atoms with E-state index in [1.807, 2.05) is 0 Å². The summed E-state index contributed by atoms with van der Waals surface area (Å²) in [4.78, 5) is 2.44. The van der Waals surface area contributed by atoms with Gasteiger partial charge < -0.3 is 4.90 Å². The molecule has 3 heterocycles. The van der Waals surface area contributed by atoms with E-state index >= 15 is 0 Å². The molecule has 15 heavy (non-hydrogen) atoms. The Kier molecular flexibility index (Phi) is 1.88. The number of pyridine rings is 1. The standard InChI is InChI=1S/C13H15N2/c1-11-10-14-8-4-2-6-12(14)13-7-3-5-9-15(11)13/h2-7,9,11H,8,10H2,1H3/q+1. The van der Waals surface area contributed by atoms with Crippen LogP contribution in [-0.4, -0.2) is 18.0 Å². The van der Waals surface area contributed by atoms with Crippen molar-refractivity contribution in [3.05, 3.63) is 48.3 Å². The third-order valence-electron chi connectivity index (χ3n) is 3.17. The van der Waals surface area contributed by atoms with Crippen LogP contribution in [0.1, 0.15) is 18.7 Å². The van der Waals surface area contributed by atoms with Gasteiger partial charge in [0.25, 0.3) is 0 Å². The summed E-state index contributed by atoms with van der Waals surface area (Å²) in [5.41, 5.74) is 2.69. The first-order valence-corrected chi connectivity index (χ1v) is 5.48. The fourth-order valence-corrected chi connectivity index (χ4v) is 2.44. The van der Waals surface area contributed by atoms with Crippen molar-refractivity contribution < 1.29 is 4.57 Å². The first kappa shape index (κ1) is 8.72. The molecule has 2 heteroatoms. The monoisotopic (exact) mass is 199 g/mol. The van der Waals surface area contributed by atoms with Crippen molar-refractivity contribution in [1.82, 2.24) is 4.90 Å². The Bertz CT molecular complexity index is 446. The lowest BCUT2D eigenvalue weighted by Crippen LogP contribution is -2.52. The van der Waals surface area contributed by atoms with Crippen LogP contribution in [0.15, 0.2) is 42.6 Å². The van der Waals surface area contributed by atoms with Crippen LogP contribution in [0.3, 0.4) is 0 Å². The van der Waals surface area contributed by atoms with E-state index in [0.29, 0.717) is 6.04 Å². The van der Waals surface area contributed by atoms with Crippen molar-refractivity contribution in [2.45, 2.75) is 13.0 Å². The lowest BCUT2D eigenvalue weighted by Gasteiger charge is -2.32. The van der Waals surface area contributed by atoms with Gasteiger partial charge in [-0.25, -0.2) is 0 Å². The highest BCUT2D eigenvalue weighted by molar-refractivity contribution is 5.62. The minimum atomic E-state index is 0.560. The van der Waals surface area contributed by atoms with Crippen molar-refractivity contribution in [2.75, 3.05) is 13.1 Å². The average molecular weight is 199 g/mol. The highest BCUT2D eigenvalue weighted by Crippen LogP contribution is 2.25. The summed E-state index contributed by atoms with van der Waals surface area (Å²) in [5, 5.41) is 0. The number of hydrogen-bond donors (Lipinski definition) is 0. The molecule has 1 atom stereocenters. The molecule has 76 valence electrons. The molecule has 0 amide bonds. The molecule has 0 fully saturated rings. The number of rotatable bonds is 0. The average Bonchev–Trinajstić information content (AvgIpc) is 2.30. The van der Waals surface area contributed by atoms with Crippen molar-refractivity contribution in [1.29, 1.82) is 0 Å². The van der Waals surface area contributed by atoms with E-state index in [1.54, 1.807) is 0 Å². The Morgan fingerprint density at radius 1 is 1.40 bits per heavy atom. The first-order valence-electron chi connectivity index (χ1n) is 5.48. The smallest absolute Gasteiger partial charge is 0.229 e. The number of nitrogens with zero attached hydrogens (tertiary/aromatic N) is 2. The van der Waals surface area contributed by atoms with Gasteiger partial charge in [-0.1, -0.05) is 12.2 Å². The molecular formula is C13H15N2+. The topological polar surface area (TPSA) is 7.12 Å². The molecule has 0 aliphatic carbocycles.